The van der Waals surface area contributed by atoms with Gasteiger partial charge in [-0.1, -0.05) is 19.1 Å². The number of rotatable bonds is 4. The van der Waals surface area contributed by atoms with Gasteiger partial charge in [0.2, 0.25) is 5.95 Å². The Morgan fingerprint density at radius 3 is 2.92 bits per heavy atom. The standard InChI is InChI=1S/C20H26N4O/c1-4-16-7-5-6-12-24(16)20-21-11-10-17(23-20)19(25)22-18-13-14(2)8-9-15(18)3/h8-11,13,16H,4-7,12H2,1-3H3,(H,22,25). The highest BCUT2D eigenvalue weighted by Gasteiger charge is 2.23. The largest absolute Gasteiger partial charge is 0.338 e. The predicted molar refractivity (Wildman–Crippen MR) is 101 cm³/mol. The number of hydrogen-bond acceptors (Lipinski definition) is 4. The summed E-state index contributed by atoms with van der Waals surface area (Å²) >= 11 is 0. The van der Waals surface area contributed by atoms with Crippen LogP contribution in [0.15, 0.2) is 30.5 Å². The Hall–Kier alpha value is -2.43. The molecule has 3 rings (SSSR count). The summed E-state index contributed by atoms with van der Waals surface area (Å²) in [5.41, 5.74) is 3.39. The summed E-state index contributed by atoms with van der Waals surface area (Å²) in [5.74, 6) is 0.475. The van der Waals surface area contributed by atoms with E-state index in [0.717, 1.165) is 36.2 Å². The van der Waals surface area contributed by atoms with Crippen molar-refractivity contribution in [3.63, 3.8) is 0 Å². The summed E-state index contributed by atoms with van der Waals surface area (Å²) in [7, 11) is 0. The van der Waals surface area contributed by atoms with Crippen LogP contribution >= 0.6 is 0 Å². The molecule has 5 heteroatoms. The van der Waals surface area contributed by atoms with Crippen molar-refractivity contribution < 1.29 is 4.79 Å². The molecule has 0 spiro atoms. The van der Waals surface area contributed by atoms with E-state index in [2.05, 4.69) is 27.1 Å². The number of aromatic nitrogens is 2. The van der Waals surface area contributed by atoms with Crippen LogP contribution in [0.2, 0.25) is 0 Å². The van der Waals surface area contributed by atoms with Crippen molar-refractivity contribution in [2.75, 3.05) is 16.8 Å². The summed E-state index contributed by atoms with van der Waals surface area (Å²) < 4.78 is 0. The number of hydrogen-bond donors (Lipinski definition) is 1. The first-order valence-electron chi connectivity index (χ1n) is 9.06. The number of aryl methyl sites for hydroxylation is 2. The van der Waals surface area contributed by atoms with E-state index < -0.39 is 0 Å². The Morgan fingerprint density at radius 2 is 2.12 bits per heavy atom. The lowest BCUT2D eigenvalue weighted by atomic mass is 10.0. The number of anilines is 2. The van der Waals surface area contributed by atoms with E-state index in [1.807, 2.05) is 32.0 Å². The quantitative estimate of drug-likeness (QED) is 0.911. The van der Waals surface area contributed by atoms with E-state index in [1.54, 1.807) is 12.3 Å². The molecule has 0 bridgehead atoms. The Balaban J connectivity index is 1.81. The van der Waals surface area contributed by atoms with Gasteiger partial charge < -0.3 is 10.2 Å². The Kier molecular flexibility index (Phi) is 5.31. The van der Waals surface area contributed by atoms with Gasteiger partial charge in [0.25, 0.3) is 5.91 Å². The molecule has 2 aromatic rings. The molecule has 0 aliphatic carbocycles. The van der Waals surface area contributed by atoms with Crippen LogP contribution in [0.5, 0.6) is 0 Å². The maximum absolute atomic E-state index is 12.6. The molecule has 1 fully saturated rings. The molecule has 1 saturated heterocycles. The predicted octanol–water partition coefficient (Wildman–Crippen LogP) is 4.11. The van der Waals surface area contributed by atoms with Gasteiger partial charge in [0.05, 0.1) is 0 Å². The molecule has 0 radical (unpaired) electrons. The number of piperidine rings is 1. The number of benzene rings is 1. The molecular formula is C20H26N4O. The van der Waals surface area contributed by atoms with Crippen LogP contribution < -0.4 is 10.2 Å². The van der Waals surface area contributed by atoms with Gasteiger partial charge in [0.15, 0.2) is 0 Å². The van der Waals surface area contributed by atoms with E-state index in [0.29, 0.717) is 17.7 Å². The third-order valence-corrected chi connectivity index (χ3v) is 4.87. The van der Waals surface area contributed by atoms with Crippen LogP contribution in [0, 0.1) is 13.8 Å². The van der Waals surface area contributed by atoms with Crippen molar-refractivity contribution in [3.8, 4) is 0 Å². The second-order valence-electron chi connectivity index (χ2n) is 6.77. The molecule has 0 saturated carbocycles. The molecule has 1 aliphatic rings. The first-order valence-corrected chi connectivity index (χ1v) is 9.06. The fourth-order valence-corrected chi connectivity index (χ4v) is 3.36. The van der Waals surface area contributed by atoms with Crippen LogP contribution in [0.4, 0.5) is 11.6 Å². The molecule has 1 aliphatic heterocycles. The van der Waals surface area contributed by atoms with E-state index in [1.165, 1.54) is 12.8 Å². The van der Waals surface area contributed by atoms with Gasteiger partial charge in [-0.2, -0.15) is 0 Å². The second-order valence-corrected chi connectivity index (χ2v) is 6.77. The summed E-state index contributed by atoms with van der Waals surface area (Å²) in [5, 5.41) is 2.97. The molecule has 2 heterocycles. The van der Waals surface area contributed by atoms with Crippen LogP contribution in [0.25, 0.3) is 0 Å². The van der Waals surface area contributed by atoms with Crippen LogP contribution in [-0.2, 0) is 0 Å². The minimum atomic E-state index is -0.192. The average Bonchev–Trinajstić information content (AvgIpc) is 2.64. The zero-order valence-electron chi connectivity index (χ0n) is 15.2. The highest BCUT2D eigenvalue weighted by molar-refractivity contribution is 6.03. The number of nitrogens with one attached hydrogen (secondary N) is 1. The SMILES string of the molecule is CCC1CCCCN1c1nccc(C(=O)Nc2cc(C)ccc2C)n1. The van der Waals surface area contributed by atoms with E-state index >= 15 is 0 Å². The fourth-order valence-electron chi connectivity index (χ4n) is 3.36. The van der Waals surface area contributed by atoms with Gasteiger partial charge in [-0.25, -0.2) is 9.97 Å². The van der Waals surface area contributed by atoms with Gasteiger partial charge >= 0.3 is 0 Å². The molecule has 132 valence electrons. The average molecular weight is 338 g/mol. The van der Waals surface area contributed by atoms with Crippen LogP contribution in [0.1, 0.15) is 54.2 Å². The van der Waals surface area contributed by atoms with E-state index in [4.69, 9.17) is 0 Å². The number of carbonyl (C=O) groups excluding carboxylic acids is 1. The number of amides is 1. The highest BCUT2D eigenvalue weighted by Crippen LogP contribution is 2.24. The zero-order chi connectivity index (χ0) is 17.8. The topological polar surface area (TPSA) is 58.1 Å². The monoisotopic (exact) mass is 338 g/mol. The number of nitrogens with zero attached hydrogens (tertiary/aromatic N) is 3. The lowest BCUT2D eigenvalue weighted by molar-refractivity contribution is 0.102. The molecule has 1 atom stereocenters. The van der Waals surface area contributed by atoms with Crippen molar-refractivity contribution in [1.82, 2.24) is 9.97 Å². The number of carbonyl (C=O) groups is 1. The van der Waals surface area contributed by atoms with Crippen molar-refractivity contribution in [2.45, 2.75) is 52.5 Å². The summed E-state index contributed by atoms with van der Waals surface area (Å²) in [6.07, 6.45) is 6.32. The third kappa shape index (κ3) is 3.98. The fraction of sp³-hybridized carbons (Fsp3) is 0.450. The molecule has 1 aromatic carbocycles. The van der Waals surface area contributed by atoms with Crippen LogP contribution in [0.3, 0.4) is 0 Å². The van der Waals surface area contributed by atoms with E-state index in [-0.39, 0.29) is 5.91 Å². The first-order chi connectivity index (χ1) is 12.1. The second kappa shape index (κ2) is 7.64. The molecule has 1 amide bonds. The lowest BCUT2D eigenvalue weighted by Crippen LogP contribution is -2.40. The van der Waals surface area contributed by atoms with Gasteiger partial charge in [0.1, 0.15) is 5.69 Å². The van der Waals surface area contributed by atoms with Crippen molar-refractivity contribution in [2.24, 2.45) is 0 Å². The van der Waals surface area contributed by atoms with Gasteiger partial charge in [0, 0.05) is 24.5 Å². The molecule has 25 heavy (non-hydrogen) atoms. The molecule has 1 N–H and O–H groups in total. The third-order valence-electron chi connectivity index (χ3n) is 4.87. The van der Waals surface area contributed by atoms with Crippen molar-refractivity contribution in [1.29, 1.82) is 0 Å². The highest BCUT2D eigenvalue weighted by atomic mass is 16.1. The first kappa shape index (κ1) is 17.4. The summed E-state index contributed by atoms with van der Waals surface area (Å²) in [6.45, 7) is 7.15. The minimum absolute atomic E-state index is 0.192. The van der Waals surface area contributed by atoms with Gasteiger partial charge in [-0.3, -0.25) is 4.79 Å². The maximum Gasteiger partial charge on any atom is 0.274 e. The van der Waals surface area contributed by atoms with Crippen molar-refractivity contribution >= 4 is 17.5 Å². The summed E-state index contributed by atoms with van der Waals surface area (Å²) in [6, 6.07) is 8.17. The maximum atomic E-state index is 12.6. The zero-order valence-corrected chi connectivity index (χ0v) is 15.2. The smallest absolute Gasteiger partial charge is 0.274 e. The normalized spacial score (nSPS) is 17.4. The molecule has 1 unspecified atom stereocenters. The molecular weight excluding hydrogens is 312 g/mol. The summed E-state index contributed by atoms with van der Waals surface area (Å²) in [4.78, 5) is 23.9. The Labute approximate surface area is 149 Å². The molecule has 5 nitrogen and oxygen atoms in total. The minimum Gasteiger partial charge on any atom is -0.338 e. The molecule has 1 aromatic heterocycles. The van der Waals surface area contributed by atoms with Gasteiger partial charge in [-0.15, -0.1) is 0 Å². The Bertz CT molecular complexity index is 759. The van der Waals surface area contributed by atoms with E-state index in [9.17, 15) is 4.79 Å². The van der Waals surface area contributed by atoms with Crippen LogP contribution in [-0.4, -0.2) is 28.5 Å². The lowest BCUT2D eigenvalue weighted by Gasteiger charge is -2.35. The van der Waals surface area contributed by atoms with Gasteiger partial charge in [-0.05, 0) is 62.8 Å². The Morgan fingerprint density at radius 1 is 1.28 bits per heavy atom. The van der Waals surface area contributed by atoms with Crippen molar-refractivity contribution in [3.05, 3.63) is 47.3 Å².